The first kappa shape index (κ1) is 13.8. The van der Waals surface area contributed by atoms with E-state index in [0.717, 1.165) is 35.7 Å². The molecule has 0 atom stereocenters. The van der Waals surface area contributed by atoms with Gasteiger partial charge in [-0.15, -0.1) is 0 Å². The average Bonchev–Trinajstić information content (AvgIpc) is 3.18. The van der Waals surface area contributed by atoms with E-state index in [1.54, 1.807) is 0 Å². The average molecular weight is 313 g/mol. The summed E-state index contributed by atoms with van der Waals surface area (Å²) in [4.78, 5) is 2.21. The van der Waals surface area contributed by atoms with E-state index in [-0.39, 0.29) is 0 Å². The van der Waals surface area contributed by atoms with Gasteiger partial charge in [0.15, 0.2) is 0 Å². The van der Waals surface area contributed by atoms with Crippen molar-refractivity contribution in [1.29, 1.82) is 0 Å². The van der Waals surface area contributed by atoms with Gasteiger partial charge in [0.25, 0.3) is 0 Å². The molecule has 2 N–H and O–H groups in total. The van der Waals surface area contributed by atoms with Crippen LogP contribution >= 0.6 is 15.9 Å². The van der Waals surface area contributed by atoms with E-state index in [1.165, 1.54) is 18.5 Å². The van der Waals surface area contributed by atoms with Crippen LogP contribution in [0.15, 0.2) is 22.7 Å². The van der Waals surface area contributed by atoms with Crippen LogP contribution in [-0.4, -0.2) is 26.8 Å². The van der Waals surface area contributed by atoms with E-state index in [1.807, 2.05) is 0 Å². The van der Waals surface area contributed by atoms with E-state index in [4.69, 9.17) is 10.5 Å². The predicted octanol–water partition coefficient (Wildman–Crippen LogP) is 2.77. The second kappa shape index (κ2) is 6.55. The lowest BCUT2D eigenvalue weighted by Gasteiger charge is -2.22. The van der Waals surface area contributed by atoms with Gasteiger partial charge in [0.1, 0.15) is 0 Å². The summed E-state index contributed by atoms with van der Waals surface area (Å²) in [5, 5.41) is 0. The highest BCUT2D eigenvalue weighted by molar-refractivity contribution is 9.10. The summed E-state index contributed by atoms with van der Waals surface area (Å²) in [6, 6.07) is 6.24. The second-order valence-corrected chi connectivity index (χ2v) is 5.83. The first-order valence-corrected chi connectivity index (χ1v) is 7.27. The third-order valence-corrected chi connectivity index (χ3v) is 3.79. The van der Waals surface area contributed by atoms with E-state index < -0.39 is 0 Å². The lowest BCUT2D eigenvalue weighted by molar-refractivity contribution is 0.131. The molecule has 0 aliphatic heterocycles. The summed E-state index contributed by atoms with van der Waals surface area (Å²) in [6.07, 6.45) is 2.69. The lowest BCUT2D eigenvalue weighted by atomic mass is 10.1. The Labute approximate surface area is 117 Å². The Morgan fingerprint density at radius 3 is 2.89 bits per heavy atom. The second-order valence-electron chi connectivity index (χ2n) is 4.92. The third-order valence-electron chi connectivity index (χ3n) is 3.29. The molecule has 1 aliphatic rings. The number of hydrogen-bond donors (Lipinski definition) is 1. The summed E-state index contributed by atoms with van der Waals surface area (Å²) in [7, 11) is 2.09. The molecular formula is C14H21BrN2O. The van der Waals surface area contributed by atoms with Gasteiger partial charge < -0.3 is 15.4 Å². The molecule has 0 unspecified atom stereocenters. The number of likely N-dealkylation sites (N-methyl/N-ethyl adjacent to an activating group) is 1. The van der Waals surface area contributed by atoms with Gasteiger partial charge in [-0.3, -0.25) is 0 Å². The van der Waals surface area contributed by atoms with Gasteiger partial charge in [0.05, 0.1) is 6.61 Å². The van der Waals surface area contributed by atoms with Crippen molar-refractivity contribution in [1.82, 2.24) is 0 Å². The normalized spacial score (nSPS) is 14.8. The molecule has 1 aromatic rings. The number of anilines is 1. The zero-order valence-corrected chi connectivity index (χ0v) is 12.4. The van der Waals surface area contributed by atoms with Gasteiger partial charge in [-0.25, -0.2) is 0 Å². The van der Waals surface area contributed by atoms with Crippen molar-refractivity contribution in [2.45, 2.75) is 19.4 Å². The monoisotopic (exact) mass is 312 g/mol. The van der Waals surface area contributed by atoms with Crippen LogP contribution in [0, 0.1) is 5.92 Å². The molecule has 3 nitrogen and oxygen atoms in total. The van der Waals surface area contributed by atoms with Crippen molar-refractivity contribution >= 4 is 21.6 Å². The minimum absolute atomic E-state index is 0.558. The van der Waals surface area contributed by atoms with Crippen molar-refractivity contribution in [2.24, 2.45) is 11.7 Å². The van der Waals surface area contributed by atoms with Gasteiger partial charge in [-0.1, -0.05) is 15.9 Å². The van der Waals surface area contributed by atoms with E-state index in [9.17, 15) is 0 Å². The van der Waals surface area contributed by atoms with Gasteiger partial charge in [0, 0.05) is 36.9 Å². The van der Waals surface area contributed by atoms with Crippen LogP contribution in [0.3, 0.4) is 0 Å². The molecule has 1 aliphatic carbocycles. The maximum atomic E-state index is 5.78. The summed E-state index contributed by atoms with van der Waals surface area (Å²) in [5.74, 6) is 0.836. The molecule has 1 fully saturated rings. The first-order chi connectivity index (χ1) is 8.70. The lowest BCUT2D eigenvalue weighted by Crippen LogP contribution is -2.24. The van der Waals surface area contributed by atoms with Crippen LogP contribution in [0.4, 0.5) is 5.69 Å². The van der Waals surface area contributed by atoms with Crippen LogP contribution in [0.1, 0.15) is 18.4 Å². The maximum absolute atomic E-state index is 5.78. The largest absolute Gasteiger partial charge is 0.379 e. The molecule has 100 valence electrons. The molecule has 2 rings (SSSR count). The first-order valence-electron chi connectivity index (χ1n) is 6.48. The summed E-state index contributed by atoms with van der Waals surface area (Å²) in [5.41, 5.74) is 8.13. The highest BCUT2D eigenvalue weighted by atomic mass is 79.9. The van der Waals surface area contributed by atoms with Crippen molar-refractivity contribution in [3.63, 3.8) is 0 Å². The summed E-state index contributed by atoms with van der Waals surface area (Å²) >= 11 is 3.47. The van der Waals surface area contributed by atoms with Crippen molar-refractivity contribution < 1.29 is 4.74 Å². The Hall–Kier alpha value is -0.580. The molecule has 0 heterocycles. The Balaban J connectivity index is 1.84. The summed E-state index contributed by atoms with van der Waals surface area (Å²) in [6.45, 7) is 3.17. The molecule has 4 heteroatoms. The number of ether oxygens (including phenoxy) is 1. The van der Waals surface area contributed by atoms with E-state index in [2.05, 4.69) is 46.1 Å². The molecule has 0 aromatic heterocycles. The Bertz CT molecular complexity index is 393. The number of nitrogens with zero attached hydrogens (tertiary/aromatic N) is 1. The van der Waals surface area contributed by atoms with Crippen LogP contribution in [0.25, 0.3) is 0 Å². The Kier molecular flexibility index (Phi) is 5.03. The molecule has 18 heavy (non-hydrogen) atoms. The van der Waals surface area contributed by atoms with Crippen LogP contribution in [0.5, 0.6) is 0 Å². The number of hydrogen-bond acceptors (Lipinski definition) is 3. The van der Waals surface area contributed by atoms with Gasteiger partial charge in [-0.2, -0.15) is 0 Å². The fourth-order valence-corrected chi connectivity index (χ4v) is 2.35. The molecule has 0 spiro atoms. The van der Waals surface area contributed by atoms with Crippen molar-refractivity contribution in [2.75, 3.05) is 31.7 Å². The maximum Gasteiger partial charge on any atom is 0.0641 e. The minimum Gasteiger partial charge on any atom is -0.379 e. The minimum atomic E-state index is 0.558. The SMILES string of the molecule is CN(CCOCC1CC1)c1ccc(Br)cc1CN. The van der Waals surface area contributed by atoms with Crippen LogP contribution in [0.2, 0.25) is 0 Å². The quantitative estimate of drug-likeness (QED) is 0.787. The highest BCUT2D eigenvalue weighted by Crippen LogP contribution is 2.28. The molecule has 0 amide bonds. The Morgan fingerprint density at radius 2 is 2.22 bits per heavy atom. The molecular weight excluding hydrogens is 292 g/mol. The highest BCUT2D eigenvalue weighted by Gasteiger charge is 2.21. The van der Waals surface area contributed by atoms with Gasteiger partial charge >= 0.3 is 0 Å². The number of nitrogens with two attached hydrogens (primary N) is 1. The molecule has 0 bridgehead atoms. The van der Waals surface area contributed by atoms with E-state index in [0.29, 0.717) is 6.54 Å². The van der Waals surface area contributed by atoms with Crippen LogP contribution < -0.4 is 10.6 Å². The zero-order chi connectivity index (χ0) is 13.0. The molecule has 0 saturated heterocycles. The van der Waals surface area contributed by atoms with Gasteiger partial charge in [-0.05, 0) is 42.5 Å². The fraction of sp³-hybridized carbons (Fsp3) is 0.571. The van der Waals surface area contributed by atoms with Gasteiger partial charge in [0.2, 0.25) is 0 Å². The zero-order valence-electron chi connectivity index (χ0n) is 10.9. The molecule has 1 saturated carbocycles. The number of benzene rings is 1. The fourth-order valence-electron chi connectivity index (χ4n) is 1.95. The van der Waals surface area contributed by atoms with Crippen LogP contribution in [-0.2, 0) is 11.3 Å². The number of rotatable bonds is 7. The molecule has 1 aromatic carbocycles. The molecule has 0 radical (unpaired) electrons. The predicted molar refractivity (Wildman–Crippen MR) is 78.8 cm³/mol. The Morgan fingerprint density at radius 1 is 1.44 bits per heavy atom. The van der Waals surface area contributed by atoms with Crippen molar-refractivity contribution in [3.05, 3.63) is 28.2 Å². The third kappa shape index (κ3) is 3.97. The summed E-state index contributed by atoms with van der Waals surface area (Å²) < 4.78 is 6.74. The topological polar surface area (TPSA) is 38.5 Å². The van der Waals surface area contributed by atoms with E-state index >= 15 is 0 Å². The standard InChI is InChI=1S/C14H21BrN2O/c1-17(6-7-18-10-11-2-3-11)14-5-4-13(15)8-12(14)9-16/h4-5,8,11H,2-3,6-7,9-10,16H2,1H3. The smallest absolute Gasteiger partial charge is 0.0641 e. The van der Waals surface area contributed by atoms with Crippen molar-refractivity contribution in [3.8, 4) is 0 Å². The number of halogens is 1.